The Hall–Kier alpha value is -0.540. The highest BCUT2D eigenvalue weighted by molar-refractivity contribution is 9.10. The maximum absolute atomic E-state index is 6.28. The predicted molar refractivity (Wildman–Crippen MR) is 86.0 cm³/mol. The lowest BCUT2D eigenvalue weighted by Crippen LogP contribution is -2.14. The van der Waals surface area contributed by atoms with Gasteiger partial charge in [-0.15, -0.1) is 0 Å². The van der Waals surface area contributed by atoms with E-state index in [1.807, 2.05) is 24.3 Å². The van der Waals surface area contributed by atoms with Gasteiger partial charge in [0.15, 0.2) is 0 Å². The fraction of sp³-hybridized carbons (Fsp3) is 0.200. The molecule has 2 N–H and O–H groups in total. The highest BCUT2D eigenvalue weighted by Crippen LogP contribution is 2.27. The van der Waals surface area contributed by atoms with Gasteiger partial charge < -0.3 is 5.73 Å². The van der Waals surface area contributed by atoms with Gasteiger partial charge in [-0.25, -0.2) is 0 Å². The van der Waals surface area contributed by atoms with E-state index in [-0.39, 0.29) is 6.04 Å². The zero-order valence-electron chi connectivity index (χ0n) is 10.5. The van der Waals surface area contributed by atoms with E-state index in [1.54, 1.807) is 6.07 Å². The molecule has 0 amide bonds. The molecule has 0 aliphatic rings. The highest BCUT2D eigenvalue weighted by Gasteiger charge is 2.12. The molecule has 0 radical (unpaired) electrons. The maximum atomic E-state index is 6.28. The standard InChI is InChI=1S/C15H14BrCl2N/c1-9-6-11(16)3-5-13(9)15(19)7-10-2-4-12(17)8-14(10)18/h2-6,8,15H,7,19H2,1H3. The minimum Gasteiger partial charge on any atom is -0.324 e. The van der Waals surface area contributed by atoms with Crippen LogP contribution in [0.25, 0.3) is 0 Å². The summed E-state index contributed by atoms with van der Waals surface area (Å²) in [6.07, 6.45) is 0.693. The second kappa shape index (κ2) is 6.27. The normalized spacial score (nSPS) is 12.5. The van der Waals surface area contributed by atoms with Crippen molar-refractivity contribution in [3.05, 3.63) is 67.6 Å². The Bertz CT molecular complexity index is 599. The first kappa shape index (κ1) is 14.9. The molecule has 0 bridgehead atoms. The summed E-state index contributed by atoms with van der Waals surface area (Å²) in [5.74, 6) is 0. The summed E-state index contributed by atoms with van der Waals surface area (Å²) in [5, 5.41) is 1.31. The Balaban J connectivity index is 2.23. The van der Waals surface area contributed by atoms with E-state index >= 15 is 0 Å². The number of nitrogens with two attached hydrogens (primary N) is 1. The number of halogens is 3. The molecule has 0 aliphatic carbocycles. The van der Waals surface area contributed by atoms with Gasteiger partial charge in [0.05, 0.1) is 0 Å². The molecule has 1 unspecified atom stereocenters. The van der Waals surface area contributed by atoms with E-state index in [0.717, 1.165) is 15.6 Å². The van der Waals surface area contributed by atoms with Gasteiger partial charge in [-0.3, -0.25) is 0 Å². The van der Waals surface area contributed by atoms with Crippen LogP contribution in [0.3, 0.4) is 0 Å². The first-order valence-corrected chi connectivity index (χ1v) is 7.48. The van der Waals surface area contributed by atoms with E-state index < -0.39 is 0 Å². The van der Waals surface area contributed by atoms with Crippen molar-refractivity contribution in [1.82, 2.24) is 0 Å². The second-order valence-electron chi connectivity index (χ2n) is 4.55. The zero-order valence-corrected chi connectivity index (χ0v) is 13.6. The monoisotopic (exact) mass is 357 g/mol. The molecule has 100 valence electrons. The fourth-order valence-corrected chi connectivity index (χ4v) is 3.05. The maximum Gasteiger partial charge on any atom is 0.0453 e. The van der Waals surface area contributed by atoms with E-state index in [0.29, 0.717) is 16.5 Å². The van der Waals surface area contributed by atoms with Crippen LogP contribution in [0.5, 0.6) is 0 Å². The summed E-state index contributed by atoms with van der Waals surface area (Å²) in [7, 11) is 0. The molecule has 4 heteroatoms. The van der Waals surface area contributed by atoms with Gasteiger partial charge in [-0.05, 0) is 54.3 Å². The molecule has 0 fully saturated rings. The van der Waals surface area contributed by atoms with Crippen molar-refractivity contribution in [2.75, 3.05) is 0 Å². The minimum atomic E-state index is -0.0771. The van der Waals surface area contributed by atoms with Crippen LogP contribution in [0.15, 0.2) is 40.9 Å². The van der Waals surface area contributed by atoms with Gasteiger partial charge in [0.1, 0.15) is 0 Å². The average Bonchev–Trinajstić information content (AvgIpc) is 2.32. The van der Waals surface area contributed by atoms with Crippen LogP contribution < -0.4 is 5.73 Å². The van der Waals surface area contributed by atoms with Crippen LogP contribution in [-0.2, 0) is 6.42 Å². The summed E-state index contributed by atoms with van der Waals surface area (Å²) >= 11 is 15.5. The van der Waals surface area contributed by atoms with Crippen molar-refractivity contribution in [1.29, 1.82) is 0 Å². The minimum absolute atomic E-state index is 0.0771. The van der Waals surface area contributed by atoms with Gasteiger partial charge >= 0.3 is 0 Å². The Morgan fingerprint density at radius 1 is 1.16 bits per heavy atom. The van der Waals surface area contributed by atoms with Gasteiger partial charge in [-0.2, -0.15) is 0 Å². The van der Waals surface area contributed by atoms with Gasteiger partial charge in [0, 0.05) is 20.6 Å². The van der Waals surface area contributed by atoms with Gasteiger partial charge in [-0.1, -0.05) is 51.3 Å². The lowest BCUT2D eigenvalue weighted by molar-refractivity contribution is 0.716. The SMILES string of the molecule is Cc1cc(Br)ccc1C(N)Cc1ccc(Cl)cc1Cl. The van der Waals surface area contributed by atoms with E-state index in [2.05, 4.69) is 28.9 Å². The third-order valence-corrected chi connectivity index (χ3v) is 4.17. The highest BCUT2D eigenvalue weighted by atomic mass is 79.9. The molecule has 0 aliphatic heterocycles. The lowest BCUT2D eigenvalue weighted by atomic mass is 9.96. The molecule has 2 aromatic carbocycles. The number of rotatable bonds is 3. The zero-order chi connectivity index (χ0) is 14.0. The Labute approximate surface area is 131 Å². The smallest absolute Gasteiger partial charge is 0.0453 e. The molecule has 19 heavy (non-hydrogen) atoms. The Morgan fingerprint density at radius 2 is 1.89 bits per heavy atom. The topological polar surface area (TPSA) is 26.0 Å². The molecular weight excluding hydrogens is 345 g/mol. The first-order chi connectivity index (χ1) is 8.97. The third-order valence-electron chi connectivity index (χ3n) is 3.09. The molecule has 0 heterocycles. The summed E-state index contributed by atoms with van der Waals surface area (Å²) in [4.78, 5) is 0. The molecule has 0 spiro atoms. The van der Waals surface area contributed by atoms with Crippen LogP contribution in [0.1, 0.15) is 22.7 Å². The summed E-state index contributed by atoms with van der Waals surface area (Å²) in [6.45, 7) is 2.06. The van der Waals surface area contributed by atoms with Crippen molar-refractivity contribution < 1.29 is 0 Å². The first-order valence-electron chi connectivity index (χ1n) is 5.93. The largest absolute Gasteiger partial charge is 0.324 e. The van der Waals surface area contributed by atoms with Crippen molar-refractivity contribution in [3.63, 3.8) is 0 Å². The van der Waals surface area contributed by atoms with E-state index in [4.69, 9.17) is 28.9 Å². The quantitative estimate of drug-likeness (QED) is 0.790. The van der Waals surface area contributed by atoms with Crippen LogP contribution >= 0.6 is 39.1 Å². The van der Waals surface area contributed by atoms with Crippen molar-refractivity contribution >= 4 is 39.1 Å². The molecule has 1 atom stereocenters. The van der Waals surface area contributed by atoms with Gasteiger partial charge in [0.2, 0.25) is 0 Å². The third kappa shape index (κ3) is 3.73. The summed E-state index contributed by atoms with van der Waals surface area (Å²) in [6, 6.07) is 11.6. The summed E-state index contributed by atoms with van der Waals surface area (Å²) < 4.78 is 1.06. The van der Waals surface area contributed by atoms with Crippen LogP contribution in [-0.4, -0.2) is 0 Å². The number of benzene rings is 2. The number of hydrogen-bond donors (Lipinski definition) is 1. The molecule has 0 saturated carbocycles. The van der Waals surface area contributed by atoms with Crippen LogP contribution in [0.4, 0.5) is 0 Å². The van der Waals surface area contributed by atoms with Gasteiger partial charge in [0.25, 0.3) is 0 Å². The van der Waals surface area contributed by atoms with Crippen molar-refractivity contribution in [3.8, 4) is 0 Å². The van der Waals surface area contributed by atoms with E-state index in [9.17, 15) is 0 Å². The molecule has 1 nitrogen and oxygen atoms in total. The lowest BCUT2D eigenvalue weighted by Gasteiger charge is -2.16. The van der Waals surface area contributed by atoms with Crippen LogP contribution in [0, 0.1) is 6.92 Å². The van der Waals surface area contributed by atoms with Crippen molar-refractivity contribution in [2.45, 2.75) is 19.4 Å². The molecule has 2 aromatic rings. The molecule has 2 rings (SSSR count). The Morgan fingerprint density at radius 3 is 2.53 bits per heavy atom. The van der Waals surface area contributed by atoms with E-state index in [1.165, 1.54) is 5.56 Å². The van der Waals surface area contributed by atoms with Crippen LogP contribution in [0.2, 0.25) is 10.0 Å². The predicted octanol–water partition coefficient (Wildman–Crippen LogP) is 5.31. The number of aryl methyl sites for hydroxylation is 1. The molecule has 0 aromatic heterocycles. The van der Waals surface area contributed by atoms with Crippen molar-refractivity contribution in [2.24, 2.45) is 5.73 Å². The fourth-order valence-electron chi connectivity index (χ4n) is 2.09. The Kier molecular flexibility index (Phi) is 4.91. The second-order valence-corrected chi connectivity index (χ2v) is 6.31. The molecule has 0 saturated heterocycles. The number of hydrogen-bond acceptors (Lipinski definition) is 1. The molecular formula is C15H14BrCl2N. The average molecular weight is 359 g/mol. The summed E-state index contributed by atoms with van der Waals surface area (Å²) in [5.41, 5.74) is 9.60.